The van der Waals surface area contributed by atoms with Crippen molar-refractivity contribution in [3.63, 3.8) is 0 Å². The lowest BCUT2D eigenvalue weighted by atomic mass is 9.91. The predicted octanol–water partition coefficient (Wildman–Crippen LogP) is 7.88. The summed E-state index contributed by atoms with van der Waals surface area (Å²) >= 11 is 0. The normalized spacial score (nSPS) is 13.8. The van der Waals surface area contributed by atoms with Crippen molar-refractivity contribution in [2.24, 2.45) is 5.92 Å². The summed E-state index contributed by atoms with van der Waals surface area (Å²) in [6.07, 6.45) is 5.93. The Bertz CT molecular complexity index is 233. The minimum Gasteiger partial charge on any atom is -0.170 e. The minimum absolute atomic E-state index is 0.210. The zero-order valence-electron chi connectivity index (χ0n) is 14.4. The fraction of sp³-hybridized carbons (Fsp3) is 1.00. The van der Waals surface area contributed by atoms with E-state index in [4.69, 9.17) is 0 Å². The minimum atomic E-state index is -4.08. The molecular weight excluding hydrogens is 325 g/mol. The molecule has 0 aromatic heterocycles. The molecule has 134 valence electrons. The molecule has 0 aliphatic heterocycles. The molecule has 22 heavy (non-hydrogen) atoms. The van der Waals surface area contributed by atoms with Crippen molar-refractivity contribution in [2.75, 3.05) is 5.75 Å². The van der Waals surface area contributed by atoms with Crippen LogP contribution in [0, 0.1) is 5.92 Å². The molecule has 0 saturated carbocycles. The highest BCUT2D eigenvalue weighted by Crippen LogP contribution is 2.44. The highest BCUT2D eigenvalue weighted by molar-refractivity contribution is 8.76. The second-order valence-electron chi connectivity index (χ2n) is 5.92. The fourth-order valence-corrected chi connectivity index (χ4v) is 5.12. The summed E-state index contributed by atoms with van der Waals surface area (Å²) in [5.41, 5.74) is 0. The predicted molar refractivity (Wildman–Crippen MR) is 96.6 cm³/mol. The molecule has 0 amide bonds. The summed E-state index contributed by atoms with van der Waals surface area (Å²) in [7, 11) is 2.41. The van der Waals surface area contributed by atoms with Crippen molar-refractivity contribution in [1.82, 2.24) is 0 Å². The lowest BCUT2D eigenvalue weighted by Crippen LogP contribution is -2.33. The Kier molecular flexibility index (Phi) is 14.2. The van der Waals surface area contributed by atoms with Crippen LogP contribution in [-0.2, 0) is 0 Å². The van der Waals surface area contributed by atoms with Gasteiger partial charge in [-0.2, -0.15) is 13.2 Å². The topological polar surface area (TPSA) is 0 Å². The van der Waals surface area contributed by atoms with E-state index < -0.39 is 11.4 Å². The van der Waals surface area contributed by atoms with Gasteiger partial charge in [-0.15, -0.1) is 0 Å². The highest BCUT2D eigenvalue weighted by atomic mass is 33.1. The van der Waals surface area contributed by atoms with E-state index in [9.17, 15) is 13.2 Å². The lowest BCUT2D eigenvalue weighted by molar-refractivity contribution is -0.138. The summed E-state index contributed by atoms with van der Waals surface area (Å²) in [6, 6.07) is 0. The number of hydrogen-bond donors (Lipinski definition) is 0. The van der Waals surface area contributed by atoms with Gasteiger partial charge in [-0.05, 0) is 18.8 Å². The third-order valence-electron chi connectivity index (χ3n) is 3.90. The lowest BCUT2D eigenvalue weighted by Gasteiger charge is -2.28. The summed E-state index contributed by atoms with van der Waals surface area (Å²) in [5.74, 6) is 0.521. The van der Waals surface area contributed by atoms with Gasteiger partial charge in [0, 0.05) is 5.75 Å². The first-order chi connectivity index (χ1) is 10.5. The molecule has 0 aromatic rings. The average molecular weight is 359 g/mol. The van der Waals surface area contributed by atoms with Crippen LogP contribution in [-0.4, -0.2) is 17.2 Å². The molecule has 0 radical (unpaired) electrons. The first-order valence-electron chi connectivity index (χ1n) is 8.82. The molecule has 0 fully saturated rings. The molecule has 1 atom stereocenters. The van der Waals surface area contributed by atoms with Crippen molar-refractivity contribution in [3.8, 4) is 0 Å². The van der Waals surface area contributed by atoms with E-state index in [1.165, 1.54) is 10.8 Å². The Labute approximate surface area is 143 Å². The van der Waals surface area contributed by atoms with Crippen molar-refractivity contribution < 1.29 is 13.2 Å². The van der Waals surface area contributed by atoms with Crippen LogP contribution in [0.15, 0.2) is 0 Å². The molecule has 0 spiro atoms. The summed E-state index contributed by atoms with van der Waals surface area (Å²) in [4.78, 5) is 0. The van der Waals surface area contributed by atoms with E-state index in [0.717, 1.165) is 80.8 Å². The number of unbranched alkanes of at least 4 members (excludes halogenated alkanes) is 6. The number of rotatable bonds is 14. The van der Waals surface area contributed by atoms with Crippen LogP contribution in [0.4, 0.5) is 13.2 Å². The Morgan fingerprint density at radius 3 is 1.64 bits per heavy atom. The number of hydrogen-bond acceptors (Lipinski definition) is 2. The van der Waals surface area contributed by atoms with Gasteiger partial charge >= 0.3 is 6.18 Å². The molecule has 0 N–H and O–H groups in total. The Hall–Kier alpha value is 0.490. The summed E-state index contributed by atoms with van der Waals surface area (Å²) < 4.78 is 40.2. The first kappa shape index (κ1) is 22.5. The monoisotopic (exact) mass is 358 g/mol. The molecule has 0 rings (SSSR count). The molecular formula is C17H33F3S2. The van der Waals surface area contributed by atoms with Crippen LogP contribution in [0.1, 0.15) is 85.0 Å². The zero-order valence-corrected chi connectivity index (χ0v) is 16.0. The van der Waals surface area contributed by atoms with Gasteiger partial charge in [0.05, 0.1) is 0 Å². The van der Waals surface area contributed by atoms with E-state index in [1.807, 2.05) is 6.92 Å². The van der Waals surface area contributed by atoms with E-state index >= 15 is 0 Å². The first-order valence-corrected chi connectivity index (χ1v) is 11.2. The largest absolute Gasteiger partial charge is 0.401 e. The van der Waals surface area contributed by atoms with Gasteiger partial charge in [-0.3, -0.25) is 0 Å². The molecule has 0 aromatic carbocycles. The van der Waals surface area contributed by atoms with Crippen LogP contribution < -0.4 is 0 Å². The van der Waals surface area contributed by atoms with Gasteiger partial charge in [0.25, 0.3) is 0 Å². The SMILES string of the molecule is CCCCCCC(CCCCCC)[C@@H](SSCC)C(F)(F)F. The van der Waals surface area contributed by atoms with E-state index in [0.29, 0.717) is 0 Å². The Morgan fingerprint density at radius 1 is 0.773 bits per heavy atom. The maximum Gasteiger partial charge on any atom is 0.401 e. The van der Waals surface area contributed by atoms with Gasteiger partial charge < -0.3 is 0 Å². The van der Waals surface area contributed by atoms with Gasteiger partial charge in [0.15, 0.2) is 0 Å². The third-order valence-corrected chi connectivity index (χ3v) is 6.87. The second-order valence-corrected chi connectivity index (χ2v) is 8.72. The molecule has 0 aliphatic carbocycles. The maximum atomic E-state index is 13.4. The zero-order chi connectivity index (χ0) is 16.8. The van der Waals surface area contributed by atoms with Crippen LogP contribution >= 0.6 is 21.6 Å². The van der Waals surface area contributed by atoms with Crippen LogP contribution in [0.5, 0.6) is 0 Å². The summed E-state index contributed by atoms with van der Waals surface area (Å²) in [6.45, 7) is 6.19. The van der Waals surface area contributed by atoms with Crippen LogP contribution in [0.25, 0.3) is 0 Å². The molecule has 0 aliphatic rings. The van der Waals surface area contributed by atoms with Crippen molar-refractivity contribution in [2.45, 2.75) is 96.4 Å². The van der Waals surface area contributed by atoms with E-state index in [1.54, 1.807) is 0 Å². The van der Waals surface area contributed by atoms with Crippen molar-refractivity contribution in [1.29, 1.82) is 0 Å². The molecule has 5 heteroatoms. The van der Waals surface area contributed by atoms with Crippen molar-refractivity contribution in [3.05, 3.63) is 0 Å². The quantitative estimate of drug-likeness (QED) is 0.229. The van der Waals surface area contributed by atoms with Crippen molar-refractivity contribution >= 4 is 21.6 Å². The van der Waals surface area contributed by atoms with Crippen LogP contribution in [0.2, 0.25) is 0 Å². The summed E-state index contributed by atoms with van der Waals surface area (Å²) in [5, 5.41) is -1.19. The fourth-order valence-electron chi connectivity index (χ4n) is 2.66. The van der Waals surface area contributed by atoms with E-state index in [-0.39, 0.29) is 5.92 Å². The smallest absolute Gasteiger partial charge is 0.170 e. The molecule has 0 bridgehead atoms. The van der Waals surface area contributed by atoms with E-state index in [2.05, 4.69) is 13.8 Å². The number of alkyl halides is 3. The third kappa shape index (κ3) is 11.1. The molecule has 0 nitrogen and oxygen atoms in total. The number of halogens is 3. The van der Waals surface area contributed by atoms with Crippen LogP contribution in [0.3, 0.4) is 0 Å². The molecule has 0 unspecified atom stereocenters. The second kappa shape index (κ2) is 13.9. The molecule has 0 saturated heterocycles. The van der Waals surface area contributed by atoms with Gasteiger partial charge in [0.2, 0.25) is 0 Å². The maximum absolute atomic E-state index is 13.4. The standard InChI is InChI=1S/C17H33F3S2/c1-4-7-9-11-13-15(14-12-10-8-5-2)16(17(18,19)20)22-21-6-3/h15-16H,4-14H2,1-3H3/t16-/m1/s1. The van der Waals surface area contributed by atoms with Gasteiger partial charge in [-0.25, -0.2) is 0 Å². The average Bonchev–Trinajstić information content (AvgIpc) is 2.46. The van der Waals surface area contributed by atoms with Gasteiger partial charge in [0.1, 0.15) is 5.25 Å². The Balaban J connectivity index is 4.57. The van der Waals surface area contributed by atoms with Gasteiger partial charge in [-0.1, -0.05) is 93.7 Å². The highest BCUT2D eigenvalue weighted by Gasteiger charge is 2.44. The Morgan fingerprint density at radius 2 is 1.27 bits per heavy atom. The molecule has 0 heterocycles.